The van der Waals surface area contributed by atoms with Crippen molar-refractivity contribution in [1.82, 2.24) is 5.32 Å². The summed E-state index contributed by atoms with van der Waals surface area (Å²) in [6, 6.07) is 17.8. The maximum Gasteiger partial charge on any atom is 0.264 e. The topological polar surface area (TPSA) is 66.5 Å². The van der Waals surface area contributed by atoms with Gasteiger partial charge in [0.2, 0.25) is 5.91 Å². The zero-order valence-corrected chi connectivity index (χ0v) is 18.5. The fourth-order valence-electron chi connectivity index (χ4n) is 3.11. The number of carbonyl (C=O) groups is 1. The average molecular weight is 441 g/mol. The number of benzene rings is 3. The number of hydrogen-bond acceptors (Lipinski definition) is 3. The maximum absolute atomic E-state index is 13.5. The molecule has 3 rings (SSSR count). The Morgan fingerprint density at radius 2 is 1.52 bits per heavy atom. The van der Waals surface area contributed by atoms with E-state index in [-0.39, 0.29) is 23.8 Å². The van der Waals surface area contributed by atoms with Gasteiger partial charge in [-0.25, -0.2) is 12.8 Å². The molecule has 0 saturated carbocycles. The third-order valence-corrected chi connectivity index (χ3v) is 6.71. The van der Waals surface area contributed by atoms with Gasteiger partial charge in [0.05, 0.1) is 10.6 Å². The van der Waals surface area contributed by atoms with Crippen LogP contribution in [0.25, 0.3) is 0 Å². The van der Waals surface area contributed by atoms with Gasteiger partial charge in [0.25, 0.3) is 10.0 Å². The molecule has 3 aromatic rings. The molecule has 0 fully saturated rings. The zero-order chi connectivity index (χ0) is 22.6. The largest absolute Gasteiger partial charge is 0.350 e. The van der Waals surface area contributed by atoms with Crippen molar-refractivity contribution < 1.29 is 17.6 Å². The van der Waals surface area contributed by atoms with Crippen LogP contribution in [0.1, 0.15) is 22.3 Å². The predicted octanol–water partition coefficient (Wildman–Crippen LogP) is 4.26. The van der Waals surface area contributed by atoms with Crippen molar-refractivity contribution in [1.29, 1.82) is 0 Å². The molecule has 0 radical (unpaired) electrons. The lowest BCUT2D eigenvalue weighted by atomic mass is 10.1. The molecule has 3 aromatic carbocycles. The highest BCUT2D eigenvalue weighted by Gasteiger charge is 2.28. The molecule has 0 atom stereocenters. The number of hydrogen-bond donors (Lipinski definition) is 1. The summed E-state index contributed by atoms with van der Waals surface area (Å²) in [7, 11) is -3.97. The number of nitrogens with zero attached hydrogens (tertiary/aromatic N) is 1. The molecule has 0 unspecified atom stereocenters. The van der Waals surface area contributed by atoms with Gasteiger partial charge in [-0.2, -0.15) is 0 Å². The molecule has 7 heteroatoms. The summed E-state index contributed by atoms with van der Waals surface area (Å²) < 4.78 is 41.1. The number of nitrogens with one attached hydrogen (secondary N) is 1. The maximum atomic E-state index is 13.5. The predicted molar refractivity (Wildman–Crippen MR) is 120 cm³/mol. The van der Waals surface area contributed by atoms with Crippen molar-refractivity contribution >= 4 is 21.6 Å². The van der Waals surface area contributed by atoms with Crippen LogP contribution >= 0.6 is 0 Å². The Kier molecular flexibility index (Phi) is 6.75. The summed E-state index contributed by atoms with van der Waals surface area (Å²) in [5.74, 6) is -0.818. The van der Waals surface area contributed by atoms with E-state index in [1.54, 1.807) is 42.5 Å². The quantitative estimate of drug-likeness (QED) is 0.597. The van der Waals surface area contributed by atoms with Crippen molar-refractivity contribution in [3.63, 3.8) is 0 Å². The highest BCUT2D eigenvalue weighted by molar-refractivity contribution is 7.92. The number of halogens is 1. The second-order valence-corrected chi connectivity index (χ2v) is 9.38. The summed E-state index contributed by atoms with van der Waals surface area (Å²) in [5, 5.41) is 2.72. The van der Waals surface area contributed by atoms with Crippen molar-refractivity contribution in [3.8, 4) is 0 Å². The molecule has 0 aliphatic heterocycles. The minimum atomic E-state index is -3.97. The second-order valence-electron chi connectivity index (χ2n) is 7.52. The van der Waals surface area contributed by atoms with Gasteiger partial charge in [0.1, 0.15) is 12.4 Å². The molecular weight excluding hydrogens is 415 g/mol. The van der Waals surface area contributed by atoms with Crippen LogP contribution in [0.15, 0.2) is 71.6 Å². The van der Waals surface area contributed by atoms with Crippen molar-refractivity contribution in [2.24, 2.45) is 0 Å². The first-order valence-electron chi connectivity index (χ1n) is 9.84. The van der Waals surface area contributed by atoms with Crippen LogP contribution in [-0.2, 0) is 21.4 Å². The molecule has 162 valence electrons. The van der Waals surface area contributed by atoms with Gasteiger partial charge >= 0.3 is 0 Å². The van der Waals surface area contributed by atoms with Gasteiger partial charge in [-0.15, -0.1) is 0 Å². The first-order chi connectivity index (χ1) is 14.7. The zero-order valence-electron chi connectivity index (χ0n) is 17.7. The van der Waals surface area contributed by atoms with E-state index >= 15 is 0 Å². The van der Waals surface area contributed by atoms with Gasteiger partial charge in [0, 0.05) is 6.54 Å². The molecular formula is C24H25FN2O3S. The number of aryl methyl sites for hydroxylation is 3. The molecule has 1 amide bonds. The molecule has 0 aromatic heterocycles. The van der Waals surface area contributed by atoms with Crippen molar-refractivity contribution in [3.05, 3.63) is 94.8 Å². The smallest absolute Gasteiger partial charge is 0.264 e. The first-order valence-corrected chi connectivity index (χ1v) is 11.3. The van der Waals surface area contributed by atoms with E-state index in [4.69, 9.17) is 0 Å². The number of amides is 1. The fourth-order valence-corrected chi connectivity index (χ4v) is 4.59. The molecule has 0 aliphatic rings. The van der Waals surface area contributed by atoms with Crippen LogP contribution in [0.3, 0.4) is 0 Å². The molecule has 0 bridgehead atoms. The Labute approximate surface area is 182 Å². The summed E-state index contributed by atoms with van der Waals surface area (Å²) in [6.07, 6.45) is 0. The summed E-state index contributed by atoms with van der Waals surface area (Å²) >= 11 is 0. The lowest BCUT2D eigenvalue weighted by Gasteiger charge is -2.26. The van der Waals surface area contributed by atoms with Crippen LogP contribution < -0.4 is 9.62 Å². The monoisotopic (exact) mass is 440 g/mol. The SMILES string of the molecule is Cc1ccc(S(=O)(=O)N(CC(=O)NCc2ccc(F)cc2)c2cc(C)ccc2C)cc1. The van der Waals surface area contributed by atoms with Gasteiger partial charge < -0.3 is 5.32 Å². The van der Waals surface area contributed by atoms with Crippen LogP contribution in [0.4, 0.5) is 10.1 Å². The van der Waals surface area contributed by atoms with Crippen molar-refractivity contribution in [2.45, 2.75) is 32.2 Å². The molecule has 31 heavy (non-hydrogen) atoms. The van der Waals surface area contributed by atoms with Gasteiger partial charge in [-0.1, -0.05) is 42.0 Å². The third-order valence-electron chi connectivity index (χ3n) is 4.93. The summed E-state index contributed by atoms with van der Waals surface area (Å²) in [4.78, 5) is 12.8. The Morgan fingerprint density at radius 1 is 0.903 bits per heavy atom. The van der Waals surface area contributed by atoms with E-state index in [1.165, 1.54) is 12.1 Å². The van der Waals surface area contributed by atoms with E-state index in [9.17, 15) is 17.6 Å². The molecule has 0 saturated heterocycles. The number of sulfonamides is 1. The van der Waals surface area contributed by atoms with Crippen LogP contribution in [-0.4, -0.2) is 20.9 Å². The Morgan fingerprint density at radius 3 is 2.16 bits per heavy atom. The van der Waals surface area contributed by atoms with E-state index in [2.05, 4.69) is 5.32 Å². The molecule has 1 N–H and O–H groups in total. The Hall–Kier alpha value is -3.19. The lowest BCUT2D eigenvalue weighted by molar-refractivity contribution is -0.119. The first kappa shape index (κ1) is 22.5. The minimum Gasteiger partial charge on any atom is -0.350 e. The number of rotatable bonds is 7. The molecule has 0 heterocycles. The highest BCUT2D eigenvalue weighted by Crippen LogP contribution is 2.28. The second kappa shape index (κ2) is 9.31. The van der Waals surface area contributed by atoms with Gasteiger partial charge in [-0.3, -0.25) is 9.10 Å². The van der Waals surface area contributed by atoms with Crippen LogP contribution in [0.5, 0.6) is 0 Å². The third kappa shape index (κ3) is 5.49. The normalized spacial score (nSPS) is 11.2. The van der Waals surface area contributed by atoms with E-state index in [0.29, 0.717) is 5.69 Å². The van der Waals surface area contributed by atoms with Crippen molar-refractivity contribution in [2.75, 3.05) is 10.8 Å². The van der Waals surface area contributed by atoms with E-state index in [1.807, 2.05) is 32.9 Å². The Bertz CT molecular complexity index is 1170. The average Bonchev–Trinajstić information content (AvgIpc) is 2.74. The Balaban J connectivity index is 1.90. The molecule has 0 spiro atoms. The molecule has 5 nitrogen and oxygen atoms in total. The highest BCUT2D eigenvalue weighted by atomic mass is 32.2. The van der Waals surface area contributed by atoms with Crippen LogP contribution in [0.2, 0.25) is 0 Å². The van der Waals surface area contributed by atoms with Gasteiger partial charge in [0.15, 0.2) is 0 Å². The van der Waals surface area contributed by atoms with E-state index < -0.39 is 15.9 Å². The van der Waals surface area contributed by atoms with Crippen LogP contribution in [0, 0.1) is 26.6 Å². The molecule has 0 aliphatic carbocycles. The lowest BCUT2D eigenvalue weighted by Crippen LogP contribution is -2.41. The number of anilines is 1. The summed E-state index contributed by atoms with van der Waals surface area (Å²) in [5.41, 5.74) is 3.74. The fraction of sp³-hybridized carbons (Fsp3) is 0.208. The minimum absolute atomic E-state index is 0.116. The van der Waals surface area contributed by atoms with E-state index in [0.717, 1.165) is 26.6 Å². The summed E-state index contributed by atoms with van der Waals surface area (Å²) in [6.45, 7) is 5.35. The number of carbonyl (C=O) groups excluding carboxylic acids is 1. The standard InChI is InChI=1S/C24H25FN2O3S/c1-17-5-12-22(13-6-17)31(29,30)27(23-14-18(2)4-7-19(23)3)16-24(28)26-15-20-8-10-21(25)11-9-20/h4-14H,15-16H2,1-3H3,(H,26,28). The van der Waals surface area contributed by atoms with Gasteiger partial charge in [-0.05, 0) is 67.8 Å².